The van der Waals surface area contributed by atoms with Crippen LogP contribution in [0, 0.1) is 5.82 Å². The molecule has 4 aromatic rings. The number of hydrogen-bond acceptors (Lipinski definition) is 7. The summed E-state index contributed by atoms with van der Waals surface area (Å²) < 4.78 is 25.1. The van der Waals surface area contributed by atoms with Crippen molar-refractivity contribution in [1.82, 2.24) is 30.0 Å². The van der Waals surface area contributed by atoms with Gasteiger partial charge in [0.2, 0.25) is 12.2 Å². The van der Waals surface area contributed by atoms with Crippen molar-refractivity contribution in [2.75, 3.05) is 19.8 Å². The fourth-order valence-electron chi connectivity index (χ4n) is 3.86. The van der Waals surface area contributed by atoms with Crippen LogP contribution >= 0.6 is 11.6 Å². The first-order chi connectivity index (χ1) is 16.1. The summed E-state index contributed by atoms with van der Waals surface area (Å²) in [4.78, 5) is 20.7. The Morgan fingerprint density at radius 1 is 1.18 bits per heavy atom. The van der Waals surface area contributed by atoms with Crippen LogP contribution in [0.2, 0.25) is 5.02 Å². The van der Waals surface area contributed by atoms with Crippen LogP contribution in [0.15, 0.2) is 59.7 Å². The standard InChI is InChI=1S/C22H18ClFN6O3/c23-16-2-4-20(30-26-5-6-27-30)18(11-16)22(31)29-7-8-32-12-17(29)10-15-9-14(1-3-19(15)24)21-25-13-33-28-21/h1-6,9,11,13,17H,7-8,10,12H2. The van der Waals surface area contributed by atoms with Gasteiger partial charge in [-0.3, -0.25) is 4.79 Å². The number of carbonyl (C=O) groups excluding carboxylic acids is 1. The van der Waals surface area contributed by atoms with E-state index in [1.807, 2.05) is 0 Å². The molecular weight excluding hydrogens is 451 g/mol. The molecule has 2 aromatic carbocycles. The van der Waals surface area contributed by atoms with Crippen LogP contribution in [0.1, 0.15) is 15.9 Å². The van der Waals surface area contributed by atoms with Crippen molar-refractivity contribution < 1.29 is 18.4 Å². The number of aromatic nitrogens is 5. The van der Waals surface area contributed by atoms with E-state index in [1.54, 1.807) is 35.2 Å². The second-order valence-corrected chi connectivity index (χ2v) is 7.91. The molecule has 0 N–H and O–H groups in total. The van der Waals surface area contributed by atoms with Crippen molar-refractivity contribution in [2.24, 2.45) is 0 Å². The normalized spacial score (nSPS) is 16.2. The van der Waals surface area contributed by atoms with Crippen LogP contribution in [0.5, 0.6) is 0 Å². The smallest absolute Gasteiger partial charge is 0.256 e. The van der Waals surface area contributed by atoms with Gasteiger partial charge in [0.15, 0.2) is 0 Å². The molecule has 1 atom stereocenters. The van der Waals surface area contributed by atoms with Crippen molar-refractivity contribution in [2.45, 2.75) is 12.5 Å². The third kappa shape index (κ3) is 4.35. The van der Waals surface area contributed by atoms with E-state index in [-0.39, 0.29) is 24.8 Å². The minimum absolute atomic E-state index is 0.249. The maximum absolute atomic E-state index is 14.7. The number of morpholine rings is 1. The number of carbonyl (C=O) groups is 1. The van der Waals surface area contributed by atoms with Gasteiger partial charge in [-0.25, -0.2) is 4.39 Å². The average molecular weight is 469 g/mol. The van der Waals surface area contributed by atoms with E-state index in [0.29, 0.717) is 46.4 Å². The quantitative estimate of drug-likeness (QED) is 0.443. The van der Waals surface area contributed by atoms with E-state index < -0.39 is 6.04 Å². The van der Waals surface area contributed by atoms with Crippen molar-refractivity contribution >= 4 is 17.5 Å². The Bertz CT molecular complexity index is 1270. The van der Waals surface area contributed by atoms with Gasteiger partial charge in [0.1, 0.15) is 5.82 Å². The maximum Gasteiger partial charge on any atom is 0.256 e. The molecule has 33 heavy (non-hydrogen) atoms. The van der Waals surface area contributed by atoms with Gasteiger partial charge in [-0.05, 0) is 48.4 Å². The lowest BCUT2D eigenvalue weighted by Crippen LogP contribution is -2.50. The average Bonchev–Trinajstić information content (AvgIpc) is 3.55. The van der Waals surface area contributed by atoms with Crippen molar-refractivity contribution in [3.8, 4) is 17.1 Å². The van der Waals surface area contributed by atoms with Crippen LogP contribution < -0.4 is 0 Å². The van der Waals surface area contributed by atoms with Crippen molar-refractivity contribution in [1.29, 1.82) is 0 Å². The maximum atomic E-state index is 14.7. The zero-order chi connectivity index (χ0) is 22.8. The molecule has 0 aliphatic carbocycles. The molecule has 1 unspecified atom stereocenters. The van der Waals surface area contributed by atoms with E-state index in [1.165, 1.54) is 29.7 Å². The number of rotatable bonds is 5. The predicted molar refractivity (Wildman–Crippen MR) is 115 cm³/mol. The highest BCUT2D eigenvalue weighted by atomic mass is 35.5. The molecular formula is C22H18ClFN6O3. The zero-order valence-electron chi connectivity index (χ0n) is 17.3. The lowest BCUT2D eigenvalue weighted by atomic mass is 10.00. The van der Waals surface area contributed by atoms with Crippen LogP contribution in [0.4, 0.5) is 4.39 Å². The number of hydrogen-bond donors (Lipinski definition) is 0. The molecule has 11 heteroatoms. The van der Waals surface area contributed by atoms with E-state index in [4.69, 9.17) is 20.9 Å². The fourth-order valence-corrected chi connectivity index (χ4v) is 4.03. The monoisotopic (exact) mass is 468 g/mol. The Kier molecular flexibility index (Phi) is 5.84. The van der Waals surface area contributed by atoms with Crippen LogP contribution in [-0.4, -0.2) is 61.7 Å². The first-order valence-electron chi connectivity index (χ1n) is 10.2. The predicted octanol–water partition coefficient (Wildman–Crippen LogP) is 3.19. The van der Waals surface area contributed by atoms with E-state index >= 15 is 0 Å². The van der Waals surface area contributed by atoms with Gasteiger partial charge >= 0.3 is 0 Å². The number of halogens is 2. The second kappa shape index (κ2) is 9.08. The first kappa shape index (κ1) is 21.2. The molecule has 3 heterocycles. The molecule has 1 aliphatic rings. The highest BCUT2D eigenvalue weighted by Gasteiger charge is 2.31. The molecule has 0 radical (unpaired) electrons. The lowest BCUT2D eigenvalue weighted by molar-refractivity contribution is -0.00185. The van der Waals surface area contributed by atoms with Crippen molar-refractivity contribution in [3.05, 3.63) is 77.2 Å². The summed E-state index contributed by atoms with van der Waals surface area (Å²) in [5.41, 5.74) is 1.90. The fraction of sp³-hybridized carbons (Fsp3) is 0.227. The third-order valence-electron chi connectivity index (χ3n) is 5.43. The van der Waals surface area contributed by atoms with Gasteiger partial charge < -0.3 is 14.2 Å². The molecule has 168 valence electrons. The summed E-state index contributed by atoms with van der Waals surface area (Å²) in [6.45, 7) is 1.01. The Hall–Kier alpha value is -3.63. The van der Waals surface area contributed by atoms with Gasteiger partial charge in [-0.15, -0.1) is 0 Å². The number of ether oxygens (including phenoxy) is 1. The Labute approximate surface area is 192 Å². The van der Waals surface area contributed by atoms with Crippen LogP contribution in [0.25, 0.3) is 17.1 Å². The minimum Gasteiger partial charge on any atom is -0.377 e. The van der Waals surface area contributed by atoms with Gasteiger partial charge in [0.25, 0.3) is 5.91 Å². The van der Waals surface area contributed by atoms with Gasteiger partial charge in [0, 0.05) is 17.1 Å². The molecule has 0 bridgehead atoms. The highest BCUT2D eigenvalue weighted by molar-refractivity contribution is 6.31. The topological polar surface area (TPSA) is 99.2 Å². The number of amides is 1. The summed E-state index contributed by atoms with van der Waals surface area (Å²) in [6, 6.07) is 9.17. The SMILES string of the molecule is O=C(c1cc(Cl)ccc1-n1nccn1)N1CCOCC1Cc1cc(-c2ncon2)ccc1F. The minimum atomic E-state index is -0.390. The summed E-state index contributed by atoms with van der Waals surface area (Å²) in [5.74, 6) is -0.281. The van der Waals surface area contributed by atoms with Gasteiger partial charge in [0.05, 0.1) is 42.9 Å². The third-order valence-corrected chi connectivity index (χ3v) is 5.67. The van der Waals surface area contributed by atoms with Gasteiger partial charge in [-0.1, -0.05) is 16.8 Å². The first-order valence-corrected chi connectivity index (χ1v) is 10.6. The van der Waals surface area contributed by atoms with Gasteiger partial charge in [-0.2, -0.15) is 20.0 Å². The lowest BCUT2D eigenvalue weighted by Gasteiger charge is -2.36. The molecule has 1 amide bonds. The summed E-state index contributed by atoms with van der Waals surface area (Å²) in [5, 5.41) is 12.5. The van der Waals surface area contributed by atoms with E-state index in [2.05, 4.69) is 20.3 Å². The van der Waals surface area contributed by atoms with Crippen molar-refractivity contribution in [3.63, 3.8) is 0 Å². The highest BCUT2D eigenvalue weighted by Crippen LogP contribution is 2.25. The molecule has 9 nitrogen and oxygen atoms in total. The molecule has 1 aliphatic heterocycles. The summed E-state index contributed by atoms with van der Waals surface area (Å²) in [6.07, 6.45) is 4.52. The summed E-state index contributed by atoms with van der Waals surface area (Å²) in [7, 11) is 0. The molecule has 2 aromatic heterocycles. The van der Waals surface area contributed by atoms with Crippen LogP contribution in [-0.2, 0) is 11.2 Å². The summed E-state index contributed by atoms with van der Waals surface area (Å²) >= 11 is 6.20. The van der Waals surface area contributed by atoms with E-state index in [0.717, 1.165) is 0 Å². The zero-order valence-corrected chi connectivity index (χ0v) is 18.0. The second-order valence-electron chi connectivity index (χ2n) is 7.47. The molecule has 1 saturated heterocycles. The van der Waals surface area contributed by atoms with E-state index in [9.17, 15) is 9.18 Å². The largest absolute Gasteiger partial charge is 0.377 e. The Morgan fingerprint density at radius 3 is 2.82 bits per heavy atom. The Morgan fingerprint density at radius 2 is 2.03 bits per heavy atom. The number of benzene rings is 2. The van der Waals surface area contributed by atoms with Crippen LogP contribution in [0.3, 0.4) is 0 Å². The molecule has 5 rings (SSSR count). The Balaban J connectivity index is 1.46. The molecule has 1 fully saturated rings. The molecule has 0 spiro atoms. The number of nitrogens with zero attached hydrogens (tertiary/aromatic N) is 6. The molecule has 0 saturated carbocycles.